The quantitative estimate of drug-likeness (QED) is 0.882. The third kappa shape index (κ3) is 2.99. The Morgan fingerprint density at radius 1 is 0.957 bits per heavy atom. The Hall–Kier alpha value is -2.95. The number of fused-ring (bicyclic) bond motifs is 1. The Morgan fingerprint density at radius 2 is 1.52 bits per heavy atom. The van der Waals surface area contributed by atoms with Crippen LogP contribution in [0.15, 0.2) is 48.5 Å². The smallest absolute Gasteiger partial charge is 0.261 e. The molecule has 3 rings (SSSR count). The van der Waals surface area contributed by atoms with Crippen LogP contribution in [0.4, 0.5) is 5.69 Å². The first-order valence-corrected chi connectivity index (χ1v) is 7.38. The van der Waals surface area contributed by atoms with E-state index < -0.39 is 0 Å². The summed E-state index contributed by atoms with van der Waals surface area (Å²) in [5.74, 6) is -0.593. The van der Waals surface area contributed by atoms with Crippen LogP contribution in [0.5, 0.6) is 0 Å². The number of nitrogens with one attached hydrogen (secondary N) is 1. The Kier molecular flexibility index (Phi) is 3.93. The highest BCUT2D eigenvalue weighted by Crippen LogP contribution is 2.22. The zero-order chi connectivity index (χ0) is 16.4. The average molecular weight is 308 g/mol. The van der Waals surface area contributed by atoms with Gasteiger partial charge in [-0.1, -0.05) is 24.3 Å². The summed E-state index contributed by atoms with van der Waals surface area (Å²) in [6, 6.07) is 14.2. The summed E-state index contributed by atoms with van der Waals surface area (Å²) in [5.41, 5.74) is 2.66. The van der Waals surface area contributed by atoms with Gasteiger partial charge in [0.05, 0.1) is 11.1 Å². The van der Waals surface area contributed by atoms with E-state index in [1.165, 1.54) is 11.8 Å². The molecular weight excluding hydrogens is 292 g/mol. The third-order valence-corrected chi connectivity index (χ3v) is 3.78. The molecule has 2 aromatic rings. The van der Waals surface area contributed by atoms with Crippen LogP contribution in [0.1, 0.15) is 33.2 Å². The molecule has 0 unspecified atom stereocenters. The van der Waals surface area contributed by atoms with Crippen LogP contribution in [0.2, 0.25) is 0 Å². The summed E-state index contributed by atoms with van der Waals surface area (Å²) in [4.78, 5) is 36.8. The summed E-state index contributed by atoms with van der Waals surface area (Å²) < 4.78 is 0. The SMILES string of the molecule is CC(=O)Nc1ccc(CCN2C(=O)c3ccccc3C2=O)cc1. The molecule has 0 bridgehead atoms. The molecule has 0 atom stereocenters. The van der Waals surface area contributed by atoms with E-state index in [1.54, 1.807) is 36.4 Å². The fraction of sp³-hybridized carbons (Fsp3) is 0.167. The van der Waals surface area contributed by atoms with Crippen LogP contribution in [-0.2, 0) is 11.2 Å². The molecule has 0 saturated carbocycles. The minimum absolute atomic E-state index is 0.122. The zero-order valence-electron chi connectivity index (χ0n) is 12.7. The van der Waals surface area contributed by atoms with Gasteiger partial charge >= 0.3 is 0 Å². The molecule has 3 amide bonds. The minimum atomic E-state index is -0.236. The van der Waals surface area contributed by atoms with Crippen molar-refractivity contribution in [2.45, 2.75) is 13.3 Å². The molecule has 5 heteroatoms. The maximum absolute atomic E-state index is 12.3. The molecule has 5 nitrogen and oxygen atoms in total. The Labute approximate surface area is 133 Å². The maximum atomic E-state index is 12.3. The first kappa shape index (κ1) is 15.0. The van der Waals surface area contributed by atoms with Gasteiger partial charge in [-0.3, -0.25) is 19.3 Å². The number of anilines is 1. The van der Waals surface area contributed by atoms with Crippen molar-refractivity contribution in [2.24, 2.45) is 0 Å². The van der Waals surface area contributed by atoms with Crippen molar-refractivity contribution >= 4 is 23.4 Å². The highest BCUT2D eigenvalue weighted by molar-refractivity contribution is 6.21. The summed E-state index contributed by atoms with van der Waals surface area (Å²) in [6.45, 7) is 1.79. The second-order valence-electron chi connectivity index (χ2n) is 5.44. The molecule has 0 fully saturated rings. The molecule has 1 heterocycles. The van der Waals surface area contributed by atoms with Crippen molar-refractivity contribution in [1.82, 2.24) is 4.90 Å². The van der Waals surface area contributed by atoms with Crippen molar-refractivity contribution < 1.29 is 14.4 Å². The fourth-order valence-electron chi connectivity index (χ4n) is 2.64. The topological polar surface area (TPSA) is 66.5 Å². The minimum Gasteiger partial charge on any atom is -0.326 e. The Balaban J connectivity index is 1.66. The number of rotatable bonds is 4. The molecular formula is C18H16N2O3. The van der Waals surface area contributed by atoms with E-state index >= 15 is 0 Å². The zero-order valence-corrected chi connectivity index (χ0v) is 12.7. The van der Waals surface area contributed by atoms with Gasteiger partial charge in [-0.25, -0.2) is 0 Å². The number of amides is 3. The Bertz CT molecular complexity index is 746. The summed E-state index contributed by atoms with van der Waals surface area (Å²) in [7, 11) is 0. The van der Waals surface area contributed by atoms with E-state index in [-0.39, 0.29) is 17.7 Å². The molecule has 2 aromatic carbocycles. The van der Waals surface area contributed by atoms with Gasteiger partial charge in [-0.05, 0) is 36.2 Å². The van der Waals surface area contributed by atoms with Gasteiger partial charge in [0.2, 0.25) is 5.91 Å². The first-order valence-electron chi connectivity index (χ1n) is 7.38. The molecule has 0 spiro atoms. The first-order chi connectivity index (χ1) is 11.1. The van der Waals surface area contributed by atoms with E-state index in [9.17, 15) is 14.4 Å². The van der Waals surface area contributed by atoms with Gasteiger partial charge in [0.25, 0.3) is 11.8 Å². The lowest BCUT2D eigenvalue weighted by molar-refractivity contribution is -0.114. The van der Waals surface area contributed by atoms with Gasteiger partial charge < -0.3 is 5.32 Å². The van der Waals surface area contributed by atoms with Crippen LogP contribution >= 0.6 is 0 Å². The second-order valence-corrected chi connectivity index (χ2v) is 5.44. The summed E-state index contributed by atoms with van der Waals surface area (Å²) in [6.07, 6.45) is 0.575. The van der Waals surface area contributed by atoms with E-state index in [0.717, 1.165) is 11.3 Å². The normalized spacial score (nSPS) is 13.2. The number of carbonyl (C=O) groups excluding carboxylic acids is 3. The van der Waals surface area contributed by atoms with Gasteiger partial charge in [0, 0.05) is 19.2 Å². The lowest BCUT2D eigenvalue weighted by Crippen LogP contribution is -2.31. The van der Waals surface area contributed by atoms with E-state index in [2.05, 4.69) is 5.32 Å². The predicted molar refractivity (Wildman–Crippen MR) is 86.3 cm³/mol. The monoisotopic (exact) mass is 308 g/mol. The second kappa shape index (κ2) is 6.04. The third-order valence-electron chi connectivity index (χ3n) is 3.78. The van der Waals surface area contributed by atoms with Crippen molar-refractivity contribution in [2.75, 3.05) is 11.9 Å². The molecule has 1 aliphatic heterocycles. The van der Waals surface area contributed by atoms with Gasteiger partial charge in [-0.15, -0.1) is 0 Å². The highest BCUT2D eigenvalue weighted by Gasteiger charge is 2.34. The molecule has 0 aliphatic carbocycles. The van der Waals surface area contributed by atoms with Crippen molar-refractivity contribution in [1.29, 1.82) is 0 Å². The Morgan fingerprint density at radius 3 is 2.04 bits per heavy atom. The van der Waals surface area contributed by atoms with Crippen LogP contribution < -0.4 is 5.32 Å². The number of hydrogen-bond donors (Lipinski definition) is 1. The van der Waals surface area contributed by atoms with Crippen molar-refractivity contribution in [3.8, 4) is 0 Å². The largest absolute Gasteiger partial charge is 0.326 e. The van der Waals surface area contributed by atoms with Crippen LogP contribution in [0.25, 0.3) is 0 Å². The number of carbonyl (C=O) groups is 3. The molecule has 0 radical (unpaired) electrons. The lowest BCUT2D eigenvalue weighted by Gasteiger charge is -2.13. The number of nitrogens with zero attached hydrogens (tertiary/aromatic N) is 1. The molecule has 116 valence electrons. The van der Waals surface area contributed by atoms with Crippen LogP contribution in [-0.4, -0.2) is 29.2 Å². The molecule has 1 aliphatic rings. The molecule has 0 aromatic heterocycles. The number of imide groups is 1. The summed E-state index contributed by atoms with van der Waals surface area (Å²) in [5, 5.41) is 2.70. The van der Waals surface area contributed by atoms with E-state index in [4.69, 9.17) is 0 Å². The molecule has 1 N–H and O–H groups in total. The maximum Gasteiger partial charge on any atom is 0.261 e. The summed E-state index contributed by atoms with van der Waals surface area (Å²) >= 11 is 0. The lowest BCUT2D eigenvalue weighted by atomic mass is 10.1. The highest BCUT2D eigenvalue weighted by atomic mass is 16.2. The van der Waals surface area contributed by atoms with Gasteiger partial charge in [0.15, 0.2) is 0 Å². The van der Waals surface area contributed by atoms with Gasteiger partial charge in [0.1, 0.15) is 0 Å². The van der Waals surface area contributed by atoms with Crippen LogP contribution in [0, 0.1) is 0 Å². The van der Waals surface area contributed by atoms with E-state index in [1.807, 2.05) is 12.1 Å². The van der Waals surface area contributed by atoms with Crippen LogP contribution in [0.3, 0.4) is 0 Å². The van der Waals surface area contributed by atoms with Gasteiger partial charge in [-0.2, -0.15) is 0 Å². The molecule has 0 saturated heterocycles. The average Bonchev–Trinajstić information content (AvgIpc) is 2.78. The van der Waals surface area contributed by atoms with Crippen molar-refractivity contribution in [3.05, 3.63) is 65.2 Å². The predicted octanol–water partition coefficient (Wildman–Crippen LogP) is 2.48. The standard InChI is InChI=1S/C18H16N2O3/c1-12(21)19-14-8-6-13(7-9-14)10-11-20-17(22)15-4-2-3-5-16(15)18(20)23/h2-9H,10-11H2,1H3,(H,19,21). The number of benzene rings is 2. The number of hydrogen-bond acceptors (Lipinski definition) is 3. The fourth-order valence-corrected chi connectivity index (χ4v) is 2.64. The van der Waals surface area contributed by atoms with Crippen molar-refractivity contribution in [3.63, 3.8) is 0 Å². The molecule has 23 heavy (non-hydrogen) atoms. The van der Waals surface area contributed by atoms with E-state index in [0.29, 0.717) is 24.1 Å².